The summed E-state index contributed by atoms with van der Waals surface area (Å²) in [7, 11) is 1.90. The van der Waals surface area contributed by atoms with Gasteiger partial charge in [-0.25, -0.2) is 9.97 Å². The van der Waals surface area contributed by atoms with Crippen LogP contribution in [0, 0.1) is 0 Å². The van der Waals surface area contributed by atoms with Crippen LogP contribution in [0.25, 0.3) is 0 Å². The molecule has 4 heteroatoms. The first kappa shape index (κ1) is 13.9. The Morgan fingerprint density at radius 3 is 2.81 bits per heavy atom. The number of fused-ring (bicyclic) bond motifs is 1. The number of aromatic nitrogens is 2. The highest BCUT2D eigenvalue weighted by Crippen LogP contribution is 2.37. The van der Waals surface area contributed by atoms with E-state index in [1.807, 2.05) is 31.3 Å². The minimum Gasteiger partial charge on any atom is -0.493 e. The summed E-state index contributed by atoms with van der Waals surface area (Å²) in [6, 6.07) is 10.2. The van der Waals surface area contributed by atoms with E-state index in [4.69, 9.17) is 9.72 Å². The largest absolute Gasteiger partial charge is 0.493 e. The molecular weight excluding hydrogens is 262 g/mol. The highest BCUT2D eigenvalue weighted by Gasteiger charge is 2.25. The third-order valence-electron chi connectivity index (χ3n) is 3.88. The summed E-state index contributed by atoms with van der Waals surface area (Å²) in [5.41, 5.74) is 2.26. The van der Waals surface area contributed by atoms with Crippen LogP contribution in [0.3, 0.4) is 0 Å². The molecule has 1 aliphatic rings. The number of hydrogen-bond acceptors (Lipinski definition) is 4. The van der Waals surface area contributed by atoms with Crippen molar-refractivity contribution in [3.8, 4) is 5.75 Å². The van der Waals surface area contributed by atoms with Gasteiger partial charge in [0.2, 0.25) is 0 Å². The number of ether oxygens (including phenoxy) is 1. The zero-order valence-corrected chi connectivity index (χ0v) is 12.8. The van der Waals surface area contributed by atoms with Crippen LogP contribution in [0.15, 0.2) is 30.3 Å². The number of hydrogen-bond donors (Lipinski definition) is 1. The summed E-state index contributed by atoms with van der Waals surface area (Å²) < 4.78 is 5.74. The monoisotopic (exact) mass is 283 g/mol. The minimum absolute atomic E-state index is 0.209. The first-order valence-electron chi connectivity index (χ1n) is 7.47. The molecule has 4 nitrogen and oxygen atoms in total. The second-order valence-electron chi connectivity index (χ2n) is 5.67. The van der Waals surface area contributed by atoms with Crippen LogP contribution in [0.4, 0.5) is 5.82 Å². The van der Waals surface area contributed by atoms with Crippen LogP contribution in [0.5, 0.6) is 5.75 Å². The lowest BCUT2D eigenvalue weighted by atomic mass is 9.92. The minimum atomic E-state index is 0.209. The Morgan fingerprint density at radius 2 is 2.05 bits per heavy atom. The predicted octanol–water partition coefficient (Wildman–Crippen LogP) is 3.56. The zero-order valence-electron chi connectivity index (χ0n) is 12.8. The van der Waals surface area contributed by atoms with E-state index >= 15 is 0 Å². The topological polar surface area (TPSA) is 47.0 Å². The molecule has 0 spiro atoms. The van der Waals surface area contributed by atoms with Crippen LogP contribution < -0.4 is 10.1 Å². The van der Waals surface area contributed by atoms with E-state index in [0.29, 0.717) is 12.5 Å². The van der Waals surface area contributed by atoms with Crippen LogP contribution in [-0.4, -0.2) is 23.6 Å². The number of anilines is 1. The summed E-state index contributed by atoms with van der Waals surface area (Å²) in [4.78, 5) is 9.48. The fraction of sp³-hybridized carbons (Fsp3) is 0.412. The van der Waals surface area contributed by atoms with Crippen molar-refractivity contribution >= 4 is 5.82 Å². The molecule has 2 aromatic rings. The lowest BCUT2D eigenvalue weighted by Gasteiger charge is -2.25. The van der Waals surface area contributed by atoms with Gasteiger partial charge in [0, 0.05) is 24.4 Å². The molecule has 0 radical (unpaired) electrons. The molecule has 1 unspecified atom stereocenters. The Morgan fingerprint density at radius 1 is 1.24 bits per heavy atom. The summed E-state index contributed by atoms with van der Waals surface area (Å²) in [6.07, 6.45) is 0.918. The fourth-order valence-corrected chi connectivity index (χ4v) is 2.68. The molecule has 0 bridgehead atoms. The van der Waals surface area contributed by atoms with E-state index in [1.165, 1.54) is 5.56 Å². The average Bonchev–Trinajstić information content (AvgIpc) is 2.53. The molecule has 0 fully saturated rings. The van der Waals surface area contributed by atoms with Crippen molar-refractivity contribution in [2.75, 3.05) is 19.0 Å². The van der Waals surface area contributed by atoms with Crippen LogP contribution in [0.2, 0.25) is 0 Å². The maximum Gasteiger partial charge on any atom is 0.138 e. The fourth-order valence-electron chi connectivity index (χ4n) is 2.68. The van der Waals surface area contributed by atoms with Crippen molar-refractivity contribution in [2.24, 2.45) is 0 Å². The lowest BCUT2D eigenvalue weighted by molar-refractivity contribution is 0.274. The number of nitrogens with one attached hydrogen (secondary N) is 1. The molecule has 1 aromatic carbocycles. The first-order chi connectivity index (χ1) is 10.2. The van der Waals surface area contributed by atoms with Gasteiger partial charge in [-0.1, -0.05) is 32.0 Å². The standard InChI is InChI=1S/C17H21N3O/c1-11(2)14-10-16(18-3)20-17(19-14)13-8-9-21-15-7-5-4-6-12(13)15/h4-7,10-11,13H,8-9H2,1-3H3,(H,18,19,20). The second-order valence-corrected chi connectivity index (χ2v) is 5.67. The normalized spacial score (nSPS) is 17.2. The van der Waals surface area contributed by atoms with Gasteiger partial charge in [-0.2, -0.15) is 0 Å². The molecule has 0 aliphatic carbocycles. The first-order valence-corrected chi connectivity index (χ1v) is 7.47. The third-order valence-corrected chi connectivity index (χ3v) is 3.88. The maximum atomic E-state index is 5.74. The molecule has 0 amide bonds. The van der Waals surface area contributed by atoms with Gasteiger partial charge in [0.25, 0.3) is 0 Å². The van der Waals surface area contributed by atoms with E-state index in [1.54, 1.807) is 0 Å². The van der Waals surface area contributed by atoms with Gasteiger partial charge in [0.1, 0.15) is 17.4 Å². The van der Waals surface area contributed by atoms with Gasteiger partial charge in [0.15, 0.2) is 0 Å². The molecule has 1 atom stereocenters. The Hall–Kier alpha value is -2.10. The van der Waals surface area contributed by atoms with Crippen LogP contribution in [0.1, 0.15) is 49.2 Å². The Balaban J connectivity index is 2.07. The van der Waals surface area contributed by atoms with Crippen molar-refractivity contribution in [1.82, 2.24) is 9.97 Å². The highest BCUT2D eigenvalue weighted by molar-refractivity contribution is 5.43. The number of para-hydroxylation sites is 1. The van der Waals surface area contributed by atoms with Crippen molar-refractivity contribution in [3.63, 3.8) is 0 Å². The number of rotatable bonds is 3. The summed E-state index contributed by atoms with van der Waals surface area (Å²) in [5.74, 6) is 3.32. The van der Waals surface area contributed by atoms with Crippen molar-refractivity contribution < 1.29 is 4.74 Å². The number of nitrogens with zero attached hydrogens (tertiary/aromatic N) is 2. The van der Waals surface area contributed by atoms with E-state index in [0.717, 1.165) is 29.5 Å². The van der Waals surface area contributed by atoms with Crippen molar-refractivity contribution in [3.05, 3.63) is 47.4 Å². The van der Waals surface area contributed by atoms with Gasteiger partial charge < -0.3 is 10.1 Å². The molecule has 1 N–H and O–H groups in total. The summed E-state index contributed by atoms with van der Waals surface area (Å²) in [5, 5.41) is 3.14. The maximum absolute atomic E-state index is 5.74. The van der Waals surface area contributed by atoms with E-state index < -0.39 is 0 Å². The van der Waals surface area contributed by atoms with E-state index in [9.17, 15) is 0 Å². The third kappa shape index (κ3) is 2.71. The second kappa shape index (κ2) is 5.72. The van der Waals surface area contributed by atoms with Gasteiger partial charge >= 0.3 is 0 Å². The Labute approximate surface area is 125 Å². The van der Waals surface area contributed by atoms with E-state index in [-0.39, 0.29) is 5.92 Å². The van der Waals surface area contributed by atoms with Crippen molar-refractivity contribution in [2.45, 2.75) is 32.1 Å². The molecule has 21 heavy (non-hydrogen) atoms. The van der Waals surface area contributed by atoms with Gasteiger partial charge in [-0.3, -0.25) is 0 Å². The smallest absolute Gasteiger partial charge is 0.138 e. The van der Waals surface area contributed by atoms with Gasteiger partial charge in [-0.15, -0.1) is 0 Å². The van der Waals surface area contributed by atoms with Crippen LogP contribution in [-0.2, 0) is 0 Å². The average molecular weight is 283 g/mol. The number of benzene rings is 1. The Kier molecular flexibility index (Phi) is 3.78. The molecule has 110 valence electrons. The molecule has 1 aliphatic heterocycles. The van der Waals surface area contributed by atoms with Gasteiger partial charge in [-0.05, 0) is 18.4 Å². The molecule has 0 saturated heterocycles. The summed E-state index contributed by atoms with van der Waals surface area (Å²) >= 11 is 0. The van der Waals surface area contributed by atoms with Gasteiger partial charge in [0.05, 0.1) is 12.5 Å². The Bertz CT molecular complexity index is 640. The zero-order chi connectivity index (χ0) is 14.8. The van der Waals surface area contributed by atoms with E-state index in [2.05, 4.69) is 30.2 Å². The molecule has 0 saturated carbocycles. The quantitative estimate of drug-likeness (QED) is 0.935. The predicted molar refractivity (Wildman–Crippen MR) is 84.1 cm³/mol. The molecule has 1 aromatic heterocycles. The molecular formula is C17H21N3O. The molecule has 2 heterocycles. The molecule has 3 rings (SSSR count). The SMILES string of the molecule is CNc1cc(C(C)C)nc(C2CCOc3ccccc32)n1. The lowest BCUT2D eigenvalue weighted by Crippen LogP contribution is -2.18. The van der Waals surface area contributed by atoms with Crippen LogP contribution >= 0.6 is 0 Å². The highest BCUT2D eigenvalue weighted by atomic mass is 16.5. The summed E-state index contributed by atoms with van der Waals surface area (Å²) in [6.45, 7) is 5.03. The van der Waals surface area contributed by atoms with Crippen molar-refractivity contribution in [1.29, 1.82) is 0 Å².